The van der Waals surface area contributed by atoms with E-state index >= 15 is 0 Å². The minimum absolute atomic E-state index is 0.0901. The molecule has 5 heteroatoms. The van der Waals surface area contributed by atoms with E-state index in [9.17, 15) is 5.11 Å². The number of ether oxygens (including phenoxy) is 1. The van der Waals surface area contributed by atoms with Crippen LogP contribution in [0.4, 0.5) is 0 Å². The monoisotopic (exact) mass is 308 g/mol. The molecule has 3 N–H and O–H groups in total. The predicted molar refractivity (Wildman–Crippen MR) is 87.5 cm³/mol. The lowest BCUT2D eigenvalue weighted by molar-refractivity contribution is -0.0118. The highest BCUT2D eigenvalue weighted by Gasteiger charge is 2.24. The van der Waals surface area contributed by atoms with Crippen LogP contribution in [0, 0.1) is 11.8 Å². The molecule has 1 heterocycles. The zero-order valence-corrected chi connectivity index (χ0v) is 13.7. The molecule has 2 aromatic rings. The highest BCUT2D eigenvalue weighted by Crippen LogP contribution is 2.28. The van der Waals surface area contributed by atoms with Gasteiger partial charge in [0.1, 0.15) is 18.1 Å². The van der Waals surface area contributed by atoms with E-state index in [0.717, 1.165) is 22.3 Å². The van der Waals surface area contributed by atoms with E-state index in [0.29, 0.717) is 18.3 Å². The van der Waals surface area contributed by atoms with E-state index in [1.165, 1.54) is 11.5 Å². The summed E-state index contributed by atoms with van der Waals surface area (Å²) in [4.78, 5) is 0. The fourth-order valence-corrected chi connectivity index (χ4v) is 2.74. The molecule has 1 aromatic heterocycles. The van der Waals surface area contributed by atoms with Gasteiger partial charge in [-0.25, -0.2) is 0 Å². The maximum atomic E-state index is 10.3. The number of hydrogen-bond acceptors (Lipinski definition) is 5. The van der Waals surface area contributed by atoms with Crippen LogP contribution in [0.15, 0.2) is 24.4 Å². The van der Waals surface area contributed by atoms with Crippen molar-refractivity contribution < 1.29 is 9.84 Å². The van der Waals surface area contributed by atoms with Crippen molar-refractivity contribution in [3.8, 4) is 5.75 Å². The molecule has 0 saturated heterocycles. The Balaban J connectivity index is 1.93. The smallest absolute Gasteiger partial charge is 0.147 e. The molecule has 0 bridgehead atoms. The first kappa shape index (κ1) is 16.2. The second kappa shape index (κ2) is 6.73. The average Bonchev–Trinajstić information content (AvgIpc) is 2.91. The molecule has 21 heavy (non-hydrogen) atoms. The lowest BCUT2D eigenvalue weighted by Crippen LogP contribution is -2.45. The summed E-state index contributed by atoms with van der Waals surface area (Å²) in [6.45, 7) is 6.63. The molecule has 2 rings (SSSR count). The van der Waals surface area contributed by atoms with Gasteiger partial charge in [0.05, 0.1) is 16.3 Å². The molecular weight excluding hydrogens is 284 g/mol. The maximum absolute atomic E-state index is 10.3. The number of hydrogen-bond donors (Lipinski definition) is 2. The number of rotatable bonds is 7. The summed E-state index contributed by atoms with van der Waals surface area (Å²) in [7, 11) is 0. The molecule has 0 spiro atoms. The summed E-state index contributed by atoms with van der Waals surface area (Å²) >= 11 is 1.43. The van der Waals surface area contributed by atoms with Gasteiger partial charge < -0.3 is 15.6 Å². The maximum Gasteiger partial charge on any atom is 0.147 e. The van der Waals surface area contributed by atoms with E-state index in [1.807, 2.05) is 18.2 Å². The lowest BCUT2D eigenvalue weighted by Gasteiger charge is -2.26. The highest BCUT2D eigenvalue weighted by atomic mass is 32.1. The first-order valence-electron chi connectivity index (χ1n) is 7.36. The van der Waals surface area contributed by atoms with Crippen LogP contribution >= 0.6 is 11.5 Å². The molecule has 0 saturated carbocycles. The zero-order chi connectivity index (χ0) is 15.5. The van der Waals surface area contributed by atoms with Crippen LogP contribution in [0.25, 0.3) is 10.1 Å². The first-order valence-corrected chi connectivity index (χ1v) is 8.14. The quantitative estimate of drug-likeness (QED) is 0.769. The third-order valence-corrected chi connectivity index (χ3v) is 4.77. The zero-order valence-electron chi connectivity index (χ0n) is 12.9. The van der Waals surface area contributed by atoms with Gasteiger partial charge >= 0.3 is 0 Å². The Kier molecular flexibility index (Phi) is 5.19. The number of aliphatic hydroxyl groups is 1. The van der Waals surface area contributed by atoms with Crippen LogP contribution in [-0.4, -0.2) is 21.8 Å². The molecule has 0 aliphatic carbocycles. The Morgan fingerprint density at radius 2 is 2.14 bits per heavy atom. The van der Waals surface area contributed by atoms with Crippen molar-refractivity contribution in [3.63, 3.8) is 0 Å². The number of aromatic nitrogens is 1. The minimum atomic E-state index is -1.30. The number of fused-ring (bicyclic) bond motifs is 1. The minimum Gasteiger partial charge on any atom is -0.488 e. The van der Waals surface area contributed by atoms with Crippen molar-refractivity contribution in [1.82, 2.24) is 4.37 Å². The van der Waals surface area contributed by atoms with Crippen LogP contribution in [-0.2, 0) is 0 Å². The Morgan fingerprint density at radius 1 is 1.38 bits per heavy atom. The highest BCUT2D eigenvalue weighted by molar-refractivity contribution is 7.13. The molecule has 0 fully saturated rings. The summed E-state index contributed by atoms with van der Waals surface area (Å²) in [5, 5.41) is 11.2. The Bertz CT molecular complexity index is 580. The van der Waals surface area contributed by atoms with E-state index in [4.69, 9.17) is 10.5 Å². The van der Waals surface area contributed by atoms with Gasteiger partial charge in [-0.1, -0.05) is 26.8 Å². The molecule has 0 radical (unpaired) electrons. The average molecular weight is 308 g/mol. The Labute approximate surface area is 130 Å². The van der Waals surface area contributed by atoms with Gasteiger partial charge in [-0.2, -0.15) is 4.37 Å². The van der Waals surface area contributed by atoms with Crippen LogP contribution in [0.5, 0.6) is 5.75 Å². The first-order chi connectivity index (χ1) is 9.89. The fraction of sp³-hybridized carbons (Fsp3) is 0.562. The standard InChI is InChI=1S/C16H24N2O2S/c1-11(2)12(3)7-8-16(17,19)10-20-14-5-4-6-15-13(14)9-18-21-15/h4-6,9,11-12,19H,7-8,10,17H2,1-3H3. The molecule has 1 aromatic carbocycles. The predicted octanol–water partition coefficient (Wildman–Crippen LogP) is 3.39. The summed E-state index contributed by atoms with van der Waals surface area (Å²) < 4.78 is 11.0. The third kappa shape index (κ3) is 4.40. The molecule has 0 amide bonds. The third-order valence-electron chi connectivity index (χ3n) is 4.01. The van der Waals surface area contributed by atoms with Crippen molar-refractivity contribution in [2.45, 2.75) is 39.3 Å². The lowest BCUT2D eigenvalue weighted by atomic mass is 9.91. The van der Waals surface area contributed by atoms with Crippen molar-refractivity contribution in [2.75, 3.05) is 6.61 Å². The number of nitrogens with two attached hydrogens (primary N) is 1. The normalized spacial score (nSPS) is 16.1. The van der Waals surface area contributed by atoms with E-state index in [2.05, 4.69) is 25.1 Å². The molecule has 116 valence electrons. The van der Waals surface area contributed by atoms with Gasteiger partial charge in [-0.3, -0.25) is 0 Å². The van der Waals surface area contributed by atoms with Crippen molar-refractivity contribution in [3.05, 3.63) is 24.4 Å². The van der Waals surface area contributed by atoms with Gasteiger partial charge in [0, 0.05) is 0 Å². The summed E-state index contributed by atoms with van der Waals surface area (Å²) in [6, 6.07) is 5.80. The van der Waals surface area contributed by atoms with Crippen molar-refractivity contribution in [2.24, 2.45) is 17.6 Å². The second-order valence-electron chi connectivity index (χ2n) is 6.15. The van der Waals surface area contributed by atoms with Gasteiger partial charge in [0.15, 0.2) is 0 Å². The SMILES string of the molecule is CC(C)C(C)CCC(N)(O)COc1cccc2sncc12. The summed E-state index contributed by atoms with van der Waals surface area (Å²) in [6.07, 6.45) is 3.20. The van der Waals surface area contributed by atoms with E-state index in [-0.39, 0.29) is 6.61 Å². The van der Waals surface area contributed by atoms with Gasteiger partial charge in [-0.05, 0) is 48.3 Å². The van der Waals surface area contributed by atoms with Crippen LogP contribution in [0.1, 0.15) is 33.6 Å². The largest absolute Gasteiger partial charge is 0.488 e. The molecule has 4 nitrogen and oxygen atoms in total. The van der Waals surface area contributed by atoms with Crippen molar-refractivity contribution in [1.29, 1.82) is 0 Å². The second-order valence-corrected chi connectivity index (χ2v) is 6.98. The van der Waals surface area contributed by atoms with E-state index < -0.39 is 5.72 Å². The molecular formula is C16H24N2O2S. The molecule has 0 aliphatic heterocycles. The fourth-order valence-electron chi connectivity index (χ4n) is 2.08. The molecule has 2 unspecified atom stereocenters. The van der Waals surface area contributed by atoms with E-state index in [1.54, 1.807) is 6.20 Å². The topological polar surface area (TPSA) is 68.4 Å². The van der Waals surface area contributed by atoms with Crippen LogP contribution in [0.2, 0.25) is 0 Å². The van der Waals surface area contributed by atoms with Crippen molar-refractivity contribution >= 4 is 21.6 Å². The number of nitrogens with zero attached hydrogens (tertiary/aromatic N) is 1. The Hall–Kier alpha value is -1.17. The molecule has 0 aliphatic rings. The van der Waals surface area contributed by atoms with Crippen LogP contribution in [0.3, 0.4) is 0 Å². The summed E-state index contributed by atoms with van der Waals surface area (Å²) in [5.41, 5.74) is 4.65. The summed E-state index contributed by atoms with van der Waals surface area (Å²) in [5.74, 6) is 1.85. The van der Waals surface area contributed by atoms with Crippen LogP contribution < -0.4 is 10.5 Å². The van der Waals surface area contributed by atoms with Gasteiger partial charge in [0.2, 0.25) is 0 Å². The molecule has 2 atom stereocenters. The van der Waals surface area contributed by atoms with Gasteiger partial charge in [0.25, 0.3) is 0 Å². The Morgan fingerprint density at radius 3 is 2.86 bits per heavy atom. The number of benzene rings is 1. The van der Waals surface area contributed by atoms with Gasteiger partial charge in [-0.15, -0.1) is 0 Å².